The van der Waals surface area contributed by atoms with Crippen molar-refractivity contribution < 1.29 is 32.6 Å². The van der Waals surface area contributed by atoms with Crippen LogP contribution >= 0.6 is 0 Å². The van der Waals surface area contributed by atoms with Gasteiger partial charge in [0.15, 0.2) is 18.1 Å². The van der Waals surface area contributed by atoms with E-state index >= 15 is 0 Å². The second-order valence-electron chi connectivity index (χ2n) is 5.57. The number of nitrogens with one attached hydrogen (secondary N) is 1. The average Bonchev–Trinajstić information content (AvgIpc) is 3.28. The van der Waals surface area contributed by atoms with Gasteiger partial charge in [-0.25, -0.2) is 0 Å². The maximum atomic E-state index is 12.3. The van der Waals surface area contributed by atoms with Crippen LogP contribution < -0.4 is 14.8 Å². The van der Waals surface area contributed by atoms with Gasteiger partial charge in [0.25, 0.3) is 5.91 Å². The molecule has 0 aromatic heterocycles. The van der Waals surface area contributed by atoms with Gasteiger partial charge in [-0.15, -0.1) is 0 Å². The number of hydrogen-bond donors (Lipinski definition) is 1. The Bertz CT molecular complexity index is 608. The third-order valence-electron chi connectivity index (χ3n) is 3.69. The molecule has 0 unspecified atom stereocenters. The van der Waals surface area contributed by atoms with Crippen molar-refractivity contribution in [3.8, 4) is 11.5 Å². The minimum atomic E-state index is -2.95. The molecule has 1 aliphatic rings. The normalized spacial score (nSPS) is 18.9. The van der Waals surface area contributed by atoms with E-state index in [9.17, 15) is 18.4 Å². The van der Waals surface area contributed by atoms with Crippen LogP contribution in [0.1, 0.15) is 18.9 Å². The summed E-state index contributed by atoms with van der Waals surface area (Å²) < 4.78 is 38.7. The Kier molecular flexibility index (Phi) is 5.94. The minimum Gasteiger partial charge on any atom is -0.493 e. The van der Waals surface area contributed by atoms with Crippen molar-refractivity contribution in [3.63, 3.8) is 0 Å². The lowest BCUT2D eigenvalue weighted by atomic mass is 10.2. The van der Waals surface area contributed by atoms with Gasteiger partial charge in [0, 0.05) is 6.54 Å². The molecule has 1 aliphatic carbocycles. The van der Waals surface area contributed by atoms with Gasteiger partial charge in [0.1, 0.15) is 0 Å². The predicted octanol–water partition coefficient (Wildman–Crippen LogP) is 2.11. The fraction of sp³-hybridized carbons (Fsp3) is 0.500. The summed E-state index contributed by atoms with van der Waals surface area (Å²) in [5.41, 5.74) is 0.629. The molecule has 1 amide bonds. The van der Waals surface area contributed by atoms with Crippen LogP contribution in [0, 0.1) is 11.8 Å². The van der Waals surface area contributed by atoms with E-state index in [1.807, 2.05) is 6.92 Å². The van der Waals surface area contributed by atoms with Crippen molar-refractivity contribution in [2.24, 2.45) is 11.8 Å². The minimum absolute atomic E-state index is 0.0879. The third-order valence-corrected chi connectivity index (χ3v) is 3.69. The highest BCUT2D eigenvalue weighted by molar-refractivity contribution is 5.82. The molecule has 0 aliphatic heterocycles. The summed E-state index contributed by atoms with van der Waals surface area (Å²) in [6.45, 7) is -1.21. The van der Waals surface area contributed by atoms with E-state index in [-0.39, 0.29) is 36.5 Å². The number of alkyl halides is 2. The zero-order chi connectivity index (χ0) is 17.7. The van der Waals surface area contributed by atoms with Crippen molar-refractivity contribution in [3.05, 3.63) is 23.8 Å². The SMILES string of the molecule is COc1cc(CNC(=O)COC(=O)[C@@H]2C[C@H]2C)ccc1OC(F)F. The molecule has 1 fully saturated rings. The number of rotatable bonds is 8. The summed E-state index contributed by atoms with van der Waals surface area (Å²) in [6.07, 6.45) is 0.799. The van der Waals surface area contributed by atoms with Crippen LogP contribution in [0.4, 0.5) is 8.78 Å². The van der Waals surface area contributed by atoms with Gasteiger partial charge in [0.05, 0.1) is 13.0 Å². The standard InChI is InChI=1S/C16H19F2NO5/c1-9-5-11(9)15(21)23-8-14(20)19-7-10-3-4-12(24-16(17)18)13(6-10)22-2/h3-4,6,9,11,16H,5,7-8H2,1-2H3,(H,19,20)/t9-,11-/m1/s1. The highest BCUT2D eigenvalue weighted by Crippen LogP contribution is 2.38. The second-order valence-corrected chi connectivity index (χ2v) is 5.57. The number of benzene rings is 1. The Labute approximate surface area is 138 Å². The molecule has 1 aromatic rings. The summed E-state index contributed by atoms with van der Waals surface area (Å²) in [4.78, 5) is 23.2. The Morgan fingerprint density at radius 3 is 2.62 bits per heavy atom. The molecular weight excluding hydrogens is 324 g/mol. The van der Waals surface area contributed by atoms with E-state index in [0.29, 0.717) is 11.5 Å². The molecule has 2 atom stereocenters. The lowest BCUT2D eigenvalue weighted by molar-refractivity contribution is -0.150. The van der Waals surface area contributed by atoms with Crippen LogP contribution in [-0.2, 0) is 20.9 Å². The highest BCUT2D eigenvalue weighted by atomic mass is 19.3. The predicted molar refractivity (Wildman–Crippen MR) is 79.7 cm³/mol. The smallest absolute Gasteiger partial charge is 0.387 e. The zero-order valence-corrected chi connectivity index (χ0v) is 13.4. The summed E-state index contributed by atoms with van der Waals surface area (Å²) in [5.74, 6) is -0.519. The molecule has 6 nitrogen and oxygen atoms in total. The fourth-order valence-electron chi connectivity index (χ4n) is 2.16. The third kappa shape index (κ3) is 5.07. The molecule has 2 rings (SSSR count). The molecule has 8 heteroatoms. The van der Waals surface area contributed by atoms with Crippen LogP contribution in [0.25, 0.3) is 0 Å². The lowest BCUT2D eigenvalue weighted by Gasteiger charge is -2.12. The van der Waals surface area contributed by atoms with E-state index in [1.165, 1.54) is 25.3 Å². The first-order chi connectivity index (χ1) is 11.4. The number of esters is 1. The molecular formula is C16H19F2NO5. The van der Waals surface area contributed by atoms with Crippen molar-refractivity contribution in [2.45, 2.75) is 26.5 Å². The zero-order valence-electron chi connectivity index (χ0n) is 13.4. The number of methoxy groups -OCH3 is 1. The molecule has 1 N–H and O–H groups in total. The van der Waals surface area contributed by atoms with Crippen molar-refractivity contribution in [1.82, 2.24) is 5.32 Å². The van der Waals surface area contributed by atoms with Gasteiger partial charge < -0.3 is 19.5 Å². The Morgan fingerprint density at radius 1 is 1.33 bits per heavy atom. The van der Waals surface area contributed by atoms with Gasteiger partial charge in [-0.3, -0.25) is 9.59 Å². The molecule has 1 aromatic carbocycles. The number of hydrogen-bond acceptors (Lipinski definition) is 5. The molecule has 0 heterocycles. The largest absolute Gasteiger partial charge is 0.493 e. The molecule has 0 bridgehead atoms. The van der Waals surface area contributed by atoms with Crippen LogP contribution in [0.15, 0.2) is 18.2 Å². The number of carbonyl (C=O) groups is 2. The number of carbonyl (C=O) groups excluding carboxylic acids is 2. The monoisotopic (exact) mass is 343 g/mol. The molecule has 0 saturated heterocycles. The average molecular weight is 343 g/mol. The van der Waals surface area contributed by atoms with Crippen LogP contribution in [0.5, 0.6) is 11.5 Å². The Hall–Kier alpha value is -2.38. The molecule has 0 radical (unpaired) electrons. The van der Waals surface area contributed by atoms with Gasteiger partial charge in [-0.05, 0) is 30.0 Å². The van der Waals surface area contributed by atoms with E-state index < -0.39 is 12.5 Å². The number of ether oxygens (including phenoxy) is 3. The maximum Gasteiger partial charge on any atom is 0.387 e. The maximum absolute atomic E-state index is 12.3. The first-order valence-corrected chi connectivity index (χ1v) is 7.45. The summed E-state index contributed by atoms with van der Waals surface area (Å²) in [7, 11) is 1.33. The van der Waals surface area contributed by atoms with Gasteiger partial charge in [-0.2, -0.15) is 8.78 Å². The van der Waals surface area contributed by atoms with Crippen molar-refractivity contribution in [1.29, 1.82) is 0 Å². The molecule has 24 heavy (non-hydrogen) atoms. The highest BCUT2D eigenvalue weighted by Gasteiger charge is 2.40. The first kappa shape index (κ1) is 18.0. The second kappa shape index (κ2) is 7.94. The quantitative estimate of drug-likeness (QED) is 0.732. The molecule has 132 valence electrons. The van der Waals surface area contributed by atoms with Crippen LogP contribution in [0.2, 0.25) is 0 Å². The fourth-order valence-corrected chi connectivity index (χ4v) is 2.16. The van der Waals surface area contributed by atoms with E-state index in [2.05, 4.69) is 10.1 Å². The van der Waals surface area contributed by atoms with Crippen LogP contribution in [-0.4, -0.2) is 32.2 Å². The van der Waals surface area contributed by atoms with E-state index in [0.717, 1.165) is 6.42 Å². The summed E-state index contributed by atoms with van der Waals surface area (Å²) in [6, 6.07) is 4.34. The van der Waals surface area contributed by atoms with Crippen molar-refractivity contribution >= 4 is 11.9 Å². The number of halogens is 2. The Morgan fingerprint density at radius 2 is 2.04 bits per heavy atom. The van der Waals surface area contributed by atoms with Gasteiger partial charge >= 0.3 is 12.6 Å². The Balaban J connectivity index is 1.80. The van der Waals surface area contributed by atoms with Gasteiger partial charge in [0.2, 0.25) is 0 Å². The lowest BCUT2D eigenvalue weighted by Crippen LogP contribution is -2.28. The molecule has 1 saturated carbocycles. The van der Waals surface area contributed by atoms with Crippen molar-refractivity contribution in [2.75, 3.05) is 13.7 Å². The number of amides is 1. The van der Waals surface area contributed by atoms with Gasteiger partial charge in [-0.1, -0.05) is 13.0 Å². The summed E-state index contributed by atoms with van der Waals surface area (Å²) in [5, 5.41) is 2.58. The van der Waals surface area contributed by atoms with Crippen LogP contribution in [0.3, 0.4) is 0 Å². The topological polar surface area (TPSA) is 73.9 Å². The van der Waals surface area contributed by atoms with E-state index in [1.54, 1.807) is 0 Å². The first-order valence-electron chi connectivity index (χ1n) is 7.45. The van der Waals surface area contributed by atoms with E-state index in [4.69, 9.17) is 9.47 Å². The summed E-state index contributed by atoms with van der Waals surface area (Å²) >= 11 is 0. The molecule has 0 spiro atoms.